The molecule has 3 aromatic rings. The van der Waals surface area contributed by atoms with Crippen LogP contribution in [0.15, 0.2) is 42.6 Å². The van der Waals surface area contributed by atoms with E-state index in [1.807, 2.05) is 41.9 Å². The smallest absolute Gasteiger partial charge is 0.165 e. The predicted molar refractivity (Wildman–Crippen MR) is 86.5 cm³/mol. The molecule has 2 heterocycles. The van der Waals surface area contributed by atoms with Crippen LogP contribution in [0.1, 0.15) is 26.0 Å². The van der Waals surface area contributed by atoms with Crippen molar-refractivity contribution < 1.29 is 0 Å². The predicted octanol–water partition coefficient (Wildman–Crippen LogP) is 3.92. The Morgan fingerprint density at radius 2 is 2.00 bits per heavy atom. The van der Waals surface area contributed by atoms with Crippen LogP contribution in [0.2, 0.25) is 0 Å². The molecule has 3 rings (SSSR count). The second kappa shape index (κ2) is 5.56. The van der Waals surface area contributed by atoms with E-state index in [1.165, 1.54) is 0 Å². The summed E-state index contributed by atoms with van der Waals surface area (Å²) in [6, 6.07) is 12.7. The van der Waals surface area contributed by atoms with Gasteiger partial charge < -0.3 is 5.32 Å². The number of hydrogen-bond donors (Lipinski definition) is 1. The molecule has 0 spiro atoms. The van der Waals surface area contributed by atoms with Crippen molar-refractivity contribution in [1.29, 1.82) is 0 Å². The zero-order chi connectivity index (χ0) is 14.8. The fourth-order valence-corrected chi connectivity index (χ4v) is 2.36. The average molecular weight is 280 g/mol. The van der Waals surface area contributed by atoms with Gasteiger partial charge in [-0.15, -0.1) is 0 Å². The zero-order valence-electron chi connectivity index (χ0n) is 12.7. The summed E-state index contributed by atoms with van der Waals surface area (Å²) in [7, 11) is 0. The van der Waals surface area contributed by atoms with E-state index in [2.05, 4.69) is 41.4 Å². The Bertz CT molecular complexity index is 746. The molecule has 0 fully saturated rings. The molecular weight excluding hydrogens is 260 g/mol. The van der Waals surface area contributed by atoms with Gasteiger partial charge in [-0.05, 0) is 25.8 Å². The Kier molecular flexibility index (Phi) is 3.60. The molecular formula is C17H20N4. The van der Waals surface area contributed by atoms with E-state index in [9.17, 15) is 0 Å². The third-order valence-corrected chi connectivity index (χ3v) is 3.69. The molecule has 0 amide bonds. The average Bonchev–Trinajstić information content (AvgIpc) is 2.91. The van der Waals surface area contributed by atoms with Gasteiger partial charge in [-0.3, -0.25) is 0 Å². The summed E-state index contributed by atoms with van der Waals surface area (Å²) in [5.41, 5.74) is 4.09. The Balaban J connectivity index is 2.14. The normalized spacial score (nSPS) is 12.5. The largest absolute Gasteiger partial charge is 0.367 e. The molecule has 1 N–H and O–H groups in total. The van der Waals surface area contributed by atoms with Crippen LogP contribution >= 0.6 is 0 Å². The van der Waals surface area contributed by atoms with E-state index in [0.717, 1.165) is 34.7 Å². The highest BCUT2D eigenvalue weighted by atomic mass is 15.3. The van der Waals surface area contributed by atoms with Gasteiger partial charge in [0.15, 0.2) is 5.65 Å². The molecule has 4 heteroatoms. The zero-order valence-corrected chi connectivity index (χ0v) is 12.7. The van der Waals surface area contributed by atoms with E-state index in [-0.39, 0.29) is 0 Å². The van der Waals surface area contributed by atoms with Gasteiger partial charge in [0.05, 0.1) is 6.20 Å². The minimum atomic E-state index is 0.402. The maximum Gasteiger partial charge on any atom is 0.165 e. The van der Waals surface area contributed by atoms with Crippen LogP contribution in [0, 0.1) is 6.92 Å². The van der Waals surface area contributed by atoms with E-state index >= 15 is 0 Å². The van der Waals surface area contributed by atoms with Gasteiger partial charge in [0, 0.05) is 23.4 Å². The minimum absolute atomic E-state index is 0.402. The molecule has 1 unspecified atom stereocenters. The Morgan fingerprint density at radius 3 is 2.71 bits per heavy atom. The molecule has 2 aromatic heterocycles. The van der Waals surface area contributed by atoms with Gasteiger partial charge in [0.2, 0.25) is 0 Å². The van der Waals surface area contributed by atoms with E-state index in [4.69, 9.17) is 0 Å². The second-order valence-electron chi connectivity index (χ2n) is 5.40. The molecule has 0 aliphatic carbocycles. The fourth-order valence-electron chi connectivity index (χ4n) is 2.36. The third kappa shape index (κ3) is 2.61. The minimum Gasteiger partial charge on any atom is -0.367 e. The molecule has 1 aromatic carbocycles. The highest BCUT2D eigenvalue weighted by Gasteiger charge is 2.12. The SMILES string of the molecule is CCC(C)Nc1cc(C)nc2c(-c3ccccc3)cnn12. The molecule has 0 saturated carbocycles. The van der Waals surface area contributed by atoms with Crippen molar-refractivity contribution in [2.75, 3.05) is 5.32 Å². The van der Waals surface area contributed by atoms with Crippen LogP contribution in [0.3, 0.4) is 0 Å². The molecule has 0 radical (unpaired) electrons. The highest BCUT2D eigenvalue weighted by Crippen LogP contribution is 2.25. The third-order valence-electron chi connectivity index (χ3n) is 3.69. The van der Waals surface area contributed by atoms with Gasteiger partial charge in [-0.25, -0.2) is 4.98 Å². The monoisotopic (exact) mass is 280 g/mol. The van der Waals surface area contributed by atoms with Crippen LogP contribution in [0.5, 0.6) is 0 Å². The van der Waals surface area contributed by atoms with Gasteiger partial charge in [0.1, 0.15) is 5.82 Å². The number of fused-ring (bicyclic) bond motifs is 1. The van der Waals surface area contributed by atoms with Crippen LogP contribution in [-0.4, -0.2) is 20.6 Å². The summed E-state index contributed by atoms with van der Waals surface area (Å²) < 4.78 is 1.89. The van der Waals surface area contributed by atoms with E-state index in [1.54, 1.807) is 0 Å². The Morgan fingerprint density at radius 1 is 1.24 bits per heavy atom. The number of aromatic nitrogens is 3. The summed E-state index contributed by atoms with van der Waals surface area (Å²) in [6.07, 6.45) is 2.95. The van der Waals surface area contributed by atoms with Crippen LogP contribution in [0.4, 0.5) is 5.82 Å². The van der Waals surface area contributed by atoms with Crippen molar-refractivity contribution in [3.05, 3.63) is 48.3 Å². The first-order chi connectivity index (χ1) is 10.2. The van der Waals surface area contributed by atoms with Gasteiger partial charge >= 0.3 is 0 Å². The number of aryl methyl sites for hydroxylation is 1. The van der Waals surface area contributed by atoms with E-state index < -0.39 is 0 Å². The number of nitrogens with one attached hydrogen (secondary N) is 1. The lowest BCUT2D eigenvalue weighted by Gasteiger charge is -2.14. The van der Waals surface area contributed by atoms with Crippen LogP contribution in [0.25, 0.3) is 16.8 Å². The van der Waals surface area contributed by atoms with Crippen molar-refractivity contribution in [3.8, 4) is 11.1 Å². The van der Waals surface area contributed by atoms with Gasteiger partial charge in [-0.2, -0.15) is 9.61 Å². The summed E-state index contributed by atoms with van der Waals surface area (Å²) in [6.45, 7) is 6.36. The molecule has 21 heavy (non-hydrogen) atoms. The first-order valence-corrected chi connectivity index (χ1v) is 7.36. The quantitative estimate of drug-likeness (QED) is 0.787. The number of hydrogen-bond acceptors (Lipinski definition) is 3. The summed E-state index contributed by atoms with van der Waals surface area (Å²) in [5, 5.41) is 8.02. The lowest BCUT2D eigenvalue weighted by Crippen LogP contribution is -2.16. The maximum absolute atomic E-state index is 4.67. The molecule has 0 aliphatic rings. The molecule has 108 valence electrons. The standard InChI is InChI=1S/C17H20N4/c1-4-12(2)19-16-10-13(3)20-17-15(11-18-21(16)17)14-8-6-5-7-9-14/h5-12,19H,4H2,1-3H3. The highest BCUT2D eigenvalue weighted by molar-refractivity contribution is 5.78. The summed E-state index contributed by atoms with van der Waals surface area (Å²) in [5.74, 6) is 0.994. The molecule has 0 aliphatic heterocycles. The number of nitrogens with zero attached hydrogens (tertiary/aromatic N) is 3. The first kappa shape index (κ1) is 13.6. The van der Waals surface area contributed by atoms with Crippen molar-refractivity contribution in [2.24, 2.45) is 0 Å². The van der Waals surface area contributed by atoms with Crippen molar-refractivity contribution in [1.82, 2.24) is 14.6 Å². The number of benzene rings is 1. The second-order valence-corrected chi connectivity index (χ2v) is 5.40. The van der Waals surface area contributed by atoms with Crippen molar-refractivity contribution in [2.45, 2.75) is 33.2 Å². The van der Waals surface area contributed by atoms with Gasteiger partial charge in [-0.1, -0.05) is 37.3 Å². The molecule has 0 saturated heterocycles. The molecule has 0 bridgehead atoms. The molecule has 4 nitrogen and oxygen atoms in total. The van der Waals surface area contributed by atoms with E-state index in [0.29, 0.717) is 6.04 Å². The Labute approximate surface area is 124 Å². The lowest BCUT2D eigenvalue weighted by molar-refractivity contribution is 0.748. The maximum atomic E-state index is 4.67. The Hall–Kier alpha value is -2.36. The fraction of sp³-hybridized carbons (Fsp3) is 0.294. The topological polar surface area (TPSA) is 42.2 Å². The van der Waals surface area contributed by atoms with Crippen LogP contribution in [-0.2, 0) is 0 Å². The number of anilines is 1. The number of rotatable bonds is 4. The summed E-state index contributed by atoms with van der Waals surface area (Å²) in [4.78, 5) is 4.67. The van der Waals surface area contributed by atoms with Crippen molar-refractivity contribution in [3.63, 3.8) is 0 Å². The van der Waals surface area contributed by atoms with Crippen molar-refractivity contribution >= 4 is 11.5 Å². The summed E-state index contributed by atoms with van der Waals surface area (Å²) >= 11 is 0. The van der Waals surface area contributed by atoms with Crippen LogP contribution < -0.4 is 5.32 Å². The molecule has 1 atom stereocenters. The first-order valence-electron chi connectivity index (χ1n) is 7.36. The van der Waals surface area contributed by atoms with Gasteiger partial charge in [0.25, 0.3) is 0 Å². The lowest BCUT2D eigenvalue weighted by atomic mass is 10.1.